The molecule has 2 aromatic carbocycles. The van der Waals surface area contributed by atoms with E-state index in [4.69, 9.17) is 14.2 Å². The van der Waals surface area contributed by atoms with Gasteiger partial charge in [-0.25, -0.2) is 0 Å². The van der Waals surface area contributed by atoms with Gasteiger partial charge in [0.15, 0.2) is 23.0 Å². The van der Waals surface area contributed by atoms with Crippen molar-refractivity contribution in [2.75, 3.05) is 41.0 Å². The van der Waals surface area contributed by atoms with Crippen LogP contribution >= 0.6 is 12.4 Å². The number of halogens is 1. The first kappa shape index (κ1) is 22.9. The molecule has 1 atom stereocenters. The van der Waals surface area contributed by atoms with Crippen molar-refractivity contribution in [1.82, 2.24) is 4.90 Å². The summed E-state index contributed by atoms with van der Waals surface area (Å²) in [7, 11) is 4.72. The summed E-state index contributed by atoms with van der Waals surface area (Å²) in [5, 5.41) is 29.4. The van der Waals surface area contributed by atoms with Gasteiger partial charge in [0.25, 0.3) is 0 Å². The summed E-state index contributed by atoms with van der Waals surface area (Å²) < 4.78 is 16.3. The van der Waals surface area contributed by atoms with Crippen LogP contribution in [0.4, 0.5) is 0 Å². The molecule has 8 heteroatoms. The quantitative estimate of drug-likeness (QED) is 0.587. The summed E-state index contributed by atoms with van der Waals surface area (Å²) in [6.45, 7) is 1.33. The topological polar surface area (TPSA) is 91.6 Å². The standard InChI is InChI=1S/C21H27NO6.ClH/c1-26-19-9-13(10-20(27-2)21(19)28-3)8-16-15-12-18(25)17(24)11-14(15)4-5-22(16)6-7-23;/h9-12,16,23-25H,4-8H2,1-3H3;1H. The van der Waals surface area contributed by atoms with E-state index in [1.165, 1.54) is 0 Å². The number of nitrogens with zero attached hydrogens (tertiary/aromatic N) is 1. The predicted octanol–water partition coefficient (Wildman–Crippen LogP) is 2.68. The summed E-state index contributed by atoms with van der Waals surface area (Å²) >= 11 is 0. The molecule has 0 amide bonds. The van der Waals surface area contributed by atoms with E-state index < -0.39 is 0 Å². The Morgan fingerprint density at radius 1 is 0.966 bits per heavy atom. The number of aliphatic hydroxyl groups excluding tert-OH is 1. The Hall–Kier alpha value is -2.35. The zero-order valence-corrected chi connectivity index (χ0v) is 17.7. The fourth-order valence-electron chi connectivity index (χ4n) is 3.89. The molecule has 1 unspecified atom stereocenters. The fourth-order valence-corrected chi connectivity index (χ4v) is 3.89. The maximum Gasteiger partial charge on any atom is 0.203 e. The third kappa shape index (κ3) is 4.63. The molecule has 1 heterocycles. The van der Waals surface area contributed by atoms with E-state index in [9.17, 15) is 15.3 Å². The summed E-state index contributed by atoms with van der Waals surface area (Å²) in [4.78, 5) is 2.18. The molecule has 1 aliphatic rings. The highest BCUT2D eigenvalue weighted by molar-refractivity contribution is 5.85. The van der Waals surface area contributed by atoms with Crippen LogP contribution in [0.25, 0.3) is 0 Å². The SMILES string of the molecule is COc1cc(CC2c3cc(O)c(O)cc3CCN2CCO)cc(OC)c1OC.Cl. The van der Waals surface area contributed by atoms with Crippen molar-refractivity contribution < 1.29 is 29.5 Å². The van der Waals surface area contributed by atoms with Crippen LogP contribution in [0, 0.1) is 0 Å². The molecule has 0 saturated heterocycles. The summed E-state index contributed by atoms with van der Waals surface area (Å²) in [5.41, 5.74) is 2.92. The minimum absolute atomic E-state index is 0. The van der Waals surface area contributed by atoms with Gasteiger partial charge >= 0.3 is 0 Å². The van der Waals surface area contributed by atoms with E-state index in [1.54, 1.807) is 33.5 Å². The molecular weight excluding hydrogens is 398 g/mol. The number of β-amino-alcohol motifs (C(OH)–C–C–N with tert-alkyl or cyclic N) is 1. The lowest BCUT2D eigenvalue weighted by atomic mass is 9.88. The highest BCUT2D eigenvalue weighted by Crippen LogP contribution is 2.42. The second-order valence-corrected chi connectivity index (χ2v) is 6.80. The normalized spacial score (nSPS) is 15.9. The van der Waals surface area contributed by atoms with E-state index in [1.807, 2.05) is 12.1 Å². The number of rotatable bonds is 7. The lowest BCUT2D eigenvalue weighted by Gasteiger charge is -2.37. The van der Waals surface area contributed by atoms with E-state index >= 15 is 0 Å². The molecule has 160 valence electrons. The van der Waals surface area contributed by atoms with Crippen molar-refractivity contribution in [3.05, 3.63) is 41.0 Å². The largest absolute Gasteiger partial charge is 0.504 e. The van der Waals surface area contributed by atoms with E-state index in [0.717, 1.165) is 29.7 Å². The van der Waals surface area contributed by atoms with Gasteiger partial charge < -0.3 is 29.5 Å². The first-order valence-electron chi connectivity index (χ1n) is 9.20. The van der Waals surface area contributed by atoms with Gasteiger partial charge in [0, 0.05) is 19.1 Å². The number of benzene rings is 2. The van der Waals surface area contributed by atoms with Crippen LogP contribution in [0.3, 0.4) is 0 Å². The molecule has 0 aromatic heterocycles. The Bertz CT molecular complexity index is 819. The van der Waals surface area contributed by atoms with Crippen molar-refractivity contribution in [2.24, 2.45) is 0 Å². The molecule has 0 aliphatic carbocycles. The van der Waals surface area contributed by atoms with Gasteiger partial charge in [-0.05, 0) is 53.8 Å². The summed E-state index contributed by atoms with van der Waals surface area (Å²) in [6.07, 6.45) is 1.36. The first-order chi connectivity index (χ1) is 13.5. The van der Waals surface area contributed by atoms with Gasteiger partial charge in [0.1, 0.15) is 0 Å². The Morgan fingerprint density at radius 2 is 1.59 bits per heavy atom. The van der Waals surface area contributed by atoms with Crippen molar-refractivity contribution in [3.8, 4) is 28.7 Å². The number of aromatic hydroxyl groups is 2. The van der Waals surface area contributed by atoms with E-state index in [-0.39, 0.29) is 36.6 Å². The maximum atomic E-state index is 10.0. The number of phenolic OH excluding ortho intramolecular Hbond substituents is 2. The molecule has 3 rings (SSSR count). The molecule has 2 aromatic rings. The molecule has 1 aliphatic heterocycles. The number of hydrogen-bond donors (Lipinski definition) is 3. The fraction of sp³-hybridized carbons (Fsp3) is 0.429. The number of aliphatic hydroxyl groups is 1. The van der Waals surface area contributed by atoms with Crippen molar-refractivity contribution >= 4 is 12.4 Å². The average molecular weight is 426 g/mol. The number of phenols is 2. The first-order valence-corrected chi connectivity index (χ1v) is 9.20. The lowest BCUT2D eigenvalue weighted by molar-refractivity contribution is 0.141. The Labute approximate surface area is 176 Å². The summed E-state index contributed by atoms with van der Waals surface area (Å²) in [6, 6.07) is 7.00. The molecule has 29 heavy (non-hydrogen) atoms. The number of fused-ring (bicyclic) bond motifs is 1. The molecule has 0 saturated carbocycles. The number of ether oxygens (including phenoxy) is 3. The van der Waals surface area contributed by atoms with E-state index in [2.05, 4.69) is 4.90 Å². The van der Waals surface area contributed by atoms with Gasteiger partial charge in [0.2, 0.25) is 5.75 Å². The van der Waals surface area contributed by atoms with Crippen LogP contribution in [0.5, 0.6) is 28.7 Å². The highest BCUT2D eigenvalue weighted by atomic mass is 35.5. The average Bonchev–Trinajstić information content (AvgIpc) is 2.70. The van der Waals surface area contributed by atoms with Crippen LogP contribution in [0.15, 0.2) is 24.3 Å². The Kier molecular flexibility index (Phi) is 7.84. The van der Waals surface area contributed by atoms with Crippen LogP contribution in [0.2, 0.25) is 0 Å². The van der Waals surface area contributed by atoms with Crippen molar-refractivity contribution in [3.63, 3.8) is 0 Å². The third-order valence-electron chi connectivity index (χ3n) is 5.25. The highest BCUT2D eigenvalue weighted by Gasteiger charge is 2.29. The van der Waals surface area contributed by atoms with Crippen molar-refractivity contribution in [2.45, 2.75) is 18.9 Å². The molecule has 0 spiro atoms. The zero-order valence-electron chi connectivity index (χ0n) is 16.8. The van der Waals surface area contributed by atoms with Gasteiger partial charge in [-0.1, -0.05) is 0 Å². The number of methoxy groups -OCH3 is 3. The lowest BCUT2D eigenvalue weighted by Crippen LogP contribution is -2.38. The molecule has 0 fully saturated rings. The van der Waals surface area contributed by atoms with Gasteiger partial charge in [-0.3, -0.25) is 4.90 Å². The second kappa shape index (κ2) is 9.91. The van der Waals surface area contributed by atoms with Crippen LogP contribution in [-0.4, -0.2) is 61.2 Å². The smallest absolute Gasteiger partial charge is 0.203 e. The van der Waals surface area contributed by atoms with Crippen molar-refractivity contribution in [1.29, 1.82) is 0 Å². The summed E-state index contributed by atoms with van der Waals surface area (Å²) in [5.74, 6) is 1.44. The molecule has 0 bridgehead atoms. The zero-order chi connectivity index (χ0) is 20.3. The third-order valence-corrected chi connectivity index (χ3v) is 5.25. The van der Waals surface area contributed by atoms with Crippen LogP contribution < -0.4 is 14.2 Å². The monoisotopic (exact) mass is 425 g/mol. The van der Waals surface area contributed by atoms with Crippen LogP contribution in [0.1, 0.15) is 22.7 Å². The molecule has 7 nitrogen and oxygen atoms in total. The maximum absolute atomic E-state index is 10.0. The van der Waals surface area contributed by atoms with Gasteiger partial charge in [-0.2, -0.15) is 0 Å². The predicted molar refractivity (Wildman–Crippen MR) is 112 cm³/mol. The minimum atomic E-state index is -0.139. The van der Waals surface area contributed by atoms with Gasteiger partial charge in [0.05, 0.1) is 27.9 Å². The van der Waals surface area contributed by atoms with E-state index in [0.29, 0.717) is 30.2 Å². The Morgan fingerprint density at radius 3 is 2.14 bits per heavy atom. The minimum Gasteiger partial charge on any atom is -0.504 e. The molecule has 0 radical (unpaired) electrons. The Balaban J connectivity index is 0.00000300. The van der Waals surface area contributed by atoms with Gasteiger partial charge in [-0.15, -0.1) is 12.4 Å². The van der Waals surface area contributed by atoms with Crippen LogP contribution in [-0.2, 0) is 12.8 Å². The molecule has 3 N–H and O–H groups in total. The second-order valence-electron chi connectivity index (χ2n) is 6.80. The number of hydrogen-bond acceptors (Lipinski definition) is 7. The molecular formula is C21H28ClNO6.